The van der Waals surface area contributed by atoms with Crippen molar-refractivity contribution in [3.8, 4) is 5.75 Å². The first-order chi connectivity index (χ1) is 14.8. The number of nitrogens with one attached hydrogen (secondary N) is 1. The number of aromatic nitrogens is 1. The van der Waals surface area contributed by atoms with E-state index in [1.165, 1.54) is 48.5 Å². The number of nitro benzene ring substituents is 1. The van der Waals surface area contributed by atoms with Crippen LogP contribution in [0.25, 0.3) is 11.5 Å². The molecule has 1 heterocycles. The summed E-state index contributed by atoms with van der Waals surface area (Å²) in [6.45, 7) is -2.93. The Morgan fingerprint density at radius 1 is 1.06 bits per heavy atom. The molecule has 158 valence electrons. The molecule has 0 unspecified atom stereocenters. The fourth-order valence-corrected chi connectivity index (χ4v) is 3.00. The summed E-state index contributed by atoms with van der Waals surface area (Å²) in [7, 11) is 0. The van der Waals surface area contributed by atoms with Crippen molar-refractivity contribution in [2.45, 2.75) is 6.61 Å². The summed E-state index contributed by atoms with van der Waals surface area (Å²) in [5.74, 6) is -0.213. The number of anilines is 1. The fraction of sp³-hybridized carbons (Fsp3) is 0.0476. The molecule has 0 bridgehead atoms. The highest BCUT2D eigenvalue weighted by Crippen LogP contribution is 2.23. The van der Waals surface area contributed by atoms with Crippen molar-refractivity contribution < 1.29 is 28.1 Å². The predicted molar refractivity (Wildman–Crippen MR) is 115 cm³/mol. The summed E-state index contributed by atoms with van der Waals surface area (Å²) in [4.78, 5) is 10.5. The Morgan fingerprint density at radius 2 is 1.68 bits per heavy atom. The Morgan fingerprint density at radius 3 is 2.23 bits per heavy atom. The third-order valence-corrected chi connectivity index (χ3v) is 4.40. The summed E-state index contributed by atoms with van der Waals surface area (Å²) in [5.41, 5.74) is 0.911. The summed E-state index contributed by atoms with van der Waals surface area (Å²) >= 11 is 5.48. The second kappa shape index (κ2) is 9.72. The lowest BCUT2D eigenvalue weighted by Gasteiger charge is -2.11. The molecule has 31 heavy (non-hydrogen) atoms. The van der Waals surface area contributed by atoms with Crippen molar-refractivity contribution in [2.24, 2.45) is 0 Å². The number of ether oxygens (including phenoxy) is 1. The van der Waals surface area contributed by atoms with Crippen LogP contribution in [0.15, 0.2) is 79.1 Å². The normalized spacial score (nSPS) is 11.6. The van der Waals surface area contributed by atoms with Gasteiger partial charge in [0.15, 0.2) is 23.1 Å². The number of hydrogen-bond acceptors (Lipinski definition) is 5. The zero-order chi connectivity index (χ0) is 22.4. The molecule has 0 aliphatic carbocycles. The highest BCUT2D eigenvalue weighted by molar-refractivity contribution is 7.81. The molecule has 2 aromatic carbocycles. The number of nitro groups is 1. The first-order valence-electron chi connectivity index (χ1n) is 8.86. The lowest BCUT2D eigenvalue weighted by molar-refractivity contribution is -0.575. The summed E-state index contributed by atoms with van der Waals surface area (Å²) in [6.07, 6.45) is 3.34. The second-order valence-corrected chi connectivity index (χ2v) is 6.55. The lowest BCUT2D eigenvalue weighted by atomic mass is 10.1. The molecular formula is C21H16F2N3O4S+. The van der Waals surface area contributed by atoms with Gasteiger partial charge in [-0.3, -0.25) is 10.1 Å². The molecule has 2 N–H and O–H groups in total. The molecule has 0 fully saturated rings. The summed E-state index contributed by atoms with van der Waals surface area (Å²) < 4.78 is 30.5. The number of non-ortho nitro benzene ring substituents is 1. The van der Waals surface area contributed by atoms with Gasteiger partial charge in [0, 0.05) is 35.5 Å². The quantitative estimate of drug-likeness (QED) is 0.136. The standard InChI is InChI=1S/C21H15F2N3O4S/c22-21(23)30-17-10-6-15(7-11-17)24-20(31)18(25-12-2-1-3-13-25)19(27)14-4-8-16(9-5-14)26(28)29/h1-13,21H,(H-,24,27,31)/p+1. The van der Waals surface area contributed by atoms with Crippen LogP contribution in [0.3, 0.4) is 0 Å². The van der Waals surface area contributed by atoms with Gasteiger partial charge >= 0.3 is 6.61 Å². The molecule has 3 aromatic rings. The lowest BCUT2D eigenvalue weighted by Crippen LogP contribution is -2.38. The van der Waals surface area contributed by atoms with Crippen LogP contribution in [-0.2, 0) is 0 Å². The highest BCUT2D eigenvalue weighted by Gasteiger charge is 2.24. The fourth-order valence-electron chi connectivity index (χ4n) is 2.68. The van der Waals surface area contributed by atoms with Gasteiger partial charge in [0.1, 0.15) is 5.75 Å². The Hall–Kier alpha value is -3.92. The Balaban J connectivity index is 1.94. The van der Waals surface area contributed by atoms with E-state index < -0.39 is 11.5 Å². The van der Waals surface area contributed by atoms with E-state index in [0.717, 1.165) is 0 Å². The molecule has 7 nitrogen and oxygen atoms in total. The minimum Gasteiger partial charge on any atom is -0.502 e. The average Bonchev–Trinajstić information content (AvgIpc) is 2.75. The molecular weight excluding hydrogens is 428 g/mol. The number of rotatable bonds is 7. The van der Waals surface area contributed by atoms with Gasteiger partial charge in [-0.25, -0.2) is 0 Å². The smallest absolute Gasteiger partial charge is 0.387 e. The van der Waals surface area contributed by atoms with E-state index >= 15 is 0 Å². The summed E-state index contributed by atoms with van der Waals surface area (Å²) in [5, 5.41) is 24.7. The number of thiocarbonyl (C=S) groups is 1. The number of hydrogen-bond donors (Lipinski definition) is 2. The third kappa shape index (κ3) is 5.58. The van der Waals surface area contributed by atoms with Crippen molar-refractivity contribution in [1.82, 2.24) is 0 Å². The molecule has 0 radical (unpaired) electrons. The Bertz CT molecular complexity index is 1110. The van der Waals surface area contributed by atoms with Crippen LogP contribution in [0.4, 0.5) is 20.2 Å². The van der Waals surface area contributed by atoms with Crippen molar-refractivity contribution in [2.75, 3.05) is 5.32 Å². The maximum absolute atomic E-state index is 12.3. The van der Waals surface area contributed by atoms with E-state index in [1.54, 1.807) is 35.2 Å². The van der Waals surface area contributed by atoms with E-state index in [4.69, 9.17) is 12.2 Å². The number of pyridine rings is 1. The zero-order valence-electron chi connectivity index (χ0n) is 15.8. The molecule has 0 amide bonds. The van der Waals surface area contributed by atoms with Crippen LogP contribution in [0.1, 0.15) is 5.56 Å². The van der Waals surface area contributed by atoms with Gasteiger partial charge in [0.05, 0.1) is 4.92 Å². The third-order valence-electron chi connectivity index (χ3n) is 4.10. The number of aliphatic hydroxyl groups excluding tert-OH is 1. The van der Waals surface area contributed by atoms with Crippen LogP contribution >= 0.6 is 12.2 Å². The van der Waals surface area contributed by atoms with Gasteiger partial charge in [-0.2, -0.15) is 13.3 Å². The van der Waals surface area contributed by atoms with E-state index in [1.807, 2.05) is 0 Å². The first-order valence-corrected chi connectivity index (χ1v) is 9.27. The number of nitrogens with zero attached hydrogens (tertiary/aromatic N) is 2. The Labute approximate surface area is 181 Å². The van der Waals surface area contributed by atoms with Crippen LogP contribution in [0, 0.1) is 10.1 Å². The van der Waals surface area contributed by atoms with Crippen LogP contribution in [0.2, 0.25) is 0 Å². The largest absolute Gasteiger partial charge is 0.502 e. The van der Waals surface area contributed by atoms with Crippen molar-refractivity contribution in [3.05, 3.63) is 94.8 Å². The number of halogens is 2. The topological polar surface area (TPSA) is 88.5 Å². The van der Waals surface area contributed by atoms with Gasteiger partial charge in [-0.15, -0.1) is 0 Å². The number of alkyl halides is 2. The van der Waals surface area contributed by atoms with E-state index in [9.17, 15) is 24.0 Å². The maximum Gasteiger partial charge on any atom is 0.387 e. The maximum atomic E-state index is 12.3. The Kier molecular flexibility index (Phi) is 6.83. The number of aliphatic hydroxyl groups is 1. The van der Waals surface area contributed by atoms with Crippen molar-refractivity contribution >= 4 is 40.0 Å². The summed E-state index contributed by atoms with van der Waals surface area (Å²) in [6, 6.07) is 16.3. The highest BCUT2D eigenvalue weighted by atomic mass is 32.1. The molecule has 1 aromatic heterocycles. The molecule has 0 atom stereocenters. The average molecular weight is 444 g/mol. The minimum atomic E-state index is -2.93. The second-order valence-electron chi connectivity index (χ2n) is 6.14. The zero-order valence-corrected chi connectivity index (χ0v) is 16.6. The monoisotopic (exact) mass is 444 g/mol. The van der Waals surface area contributed by atoms with Gasteiger partial charge < -0.3 is 15.2 Å². The SMILES string of the molecule is O=[N+]([O-])c1ccc(C(O)=C(C(=S)Nc2ccc(OC(F)F)cc2)[n+]2ccccc2)cc1. The van der Waals surface area contributed by atoms with Crippen LogP contribution in [0.5, 0.6) is 5.75 Å². The van der Waals surface area contributed by atoms with Crippen LogP contribution in [-0.4, -0.2) is 21.6 Å². The molecule has 3 rings (SSSR count). The predicted octanol–water partition coefficient (Wildman–Crippen LogP) is 4.81. The van der Waals surface area contributed by atoms with Gasteiger partial charge in [-0.1, -0.05) is 18.3 Å². The molecule has 0 saturated heterocycles. The first kappa shape index (κ1) is 21.8. The van der Waals surface area contributed by atoms with Crippen LogP contribution < -0.4 is 14.6 Å². The molecule has 0 saturated carbocycles. The van der Waals surface area contributed by atoms with E-state index in [0.29, 0.717) is 11.3 Å². The van der Waals surface area contributed by atoms with E-state index in [2.05, 4.69) is 10.1 Å². The molecule has 10 heteroatoms. The van der Waals surface area contributed by atoms with Crippen molar-refractivity contribution in [1.29, 1.82) is 0 Å². The number of benzene rings is 2. The minimum absolute atomic E-state index is 0.00612. The van der Waals surface area contributed by atoms with Gasteiger partial charge in [0.25, 0.3) is 11.4 Å². The van der Waals surface area contributed by atoms with Gasteiger partial charge in [-0.05, 0) is 36.4 Å². The van der Waals surface area contributed by atoms with E-state index in [-0.39, 0.29) is 27.9 Å². The van der Waals surface area contributed by atoms with Crippen molar-refractivity contribution in [3.63, 3.8) is 0 Å². The molecule has 0 aliphatic rings. The van der Waals surface area contributed by atoms with Gasteiger partial charge in [0.2, 0.25) is 0 Å². The molecule has 0 aliphatic heterocycles. The molecule has 0 spiro atoms.